The molecule has 0 saturated heterocycles. The van der Waals surface area contributed by atoms with Crippen LogP contribution in [-0.4, -0.2) is 43.7 Å². The van der Waals surface area contributed by atoms with Crippen LogP contribution in [0.1, 0.15) is 69.4 Å². The first kappa shape index (κ1) is 23.7. The molecule has 0 amide bonds. The minimum Gasteiger partial charge on any atom is -0.478 e. The standard InChI is InChI=1S/C33H30N2O5/c36-18-39-21-9-10-22(33(37)38)25(17-21)28-26-15-19-5-1-11-34-13-3-7-23(29(19)34)31(26)40-32-24-8-4-14-35-12-2-6-20(30(24)35)16-27(28)32/h9-10,15-18H,1-8,11-14H2/p+1. The molecule has 3 aromatic rings. The van der Waals surface area contributed by atoms with E-state index in [0.717, 1.165) is 105 Å². The van der Waals surface area contributed by atoms with E-state index in [0.29, 0.717) is 17.8 Å². The lowest BCUT2D eigenvalue weighted by Gasteiger charge is -2.39. The molecule has 5 aliphatic heterocycles. The summed E-state index contributed by atoms with van der Waals surface area (Å²) in [5.41, 5.74) is 9.01. The number of aryl methyl sites for hydroxylation is 2. The van der Waals surface area contributed by atoms with Crippen LogP contribution in [0.25, 0.3) is 5.57 Å². The van der Waals surface area contributed by atoms with Crippen molar-refractivity contribution in [2.24, 2.45) is 0 Å². The second kappa shape index (κ2) is 8.95. The van der Waals surface area contributed by atoms with Crippen LogP contribution in [0, 0.1) is 0 Å². The van der Waals surface area contributed by atoms with E-state index < -0.39 is 5.97 Å². The SMILES string of the molecule is O=COc1ccc(C(=O)O)c(C2=c3cc4c5c(c3Oc3c2cc2c6c3CCCN6CCC2)CCC[N+]=5CCC4)c1. The molecule has 0 aromatic heterocycles. The van der Waals surface area contributed by atoms with E-state index in [1.165, 1.54) is 33.3 Å². The third-order valence-electron chi connectivity index (χ3n) is 9.36. The maximum Gasteiger partial charge on any atom is 0.336 e. The number of fused-ring (bicyclic) bond motifs is 4. The van der Waals surface area contributed by atoms with Gasteiger partial charge >= 0.3 is 5.97 Å². The van der Waals surface area contributed by atoms with E-state index in [1.54, 1.807) is 18.2 Å². The van der Waals surface area contributed by atoms with E-state index in [-0.39, 0.29) is 5.56 Å². The number of rotatable bonds is 4. The highest BCUT2D eigenvalue weighted by Gasteiger charge is 2.36. The Bertz CT molecular complexity index is 1770. The van der Waals surface area contributed by atoms with Crippen LogP contribution in [0.2, 0.25) is 0 Å². The van der Waals surface area contributed by atoms with Gasteiger partial charge in [-0.05, 0) is 74.4 Å². The van der Waals surface area contributed by atoms with Gasteiger partial charge in [0.2, 0.25) is 5.36 Å². The van der Waals surface area contributed by atoms with Gasteiger partial charge in [0.25, 0.3) is 6.47 Å². The number of hydrogen-bond donors (Lipinski definition) is 1. The predicted molar refractivity (Wildman–Crippen MR) is 150 cm³/mol. The number of carbonyl (C=O) groups is 2. The summed E-state index contributed by atoms with van der Waals surface area (Å²) in [5.74, 6) is 1.06. The summed E-state index contributed by atoms with van der Waals surface area (Å²) in [6.45, 7) is 4.64. The molecule has 40 heavy (non-hydrogen) atoms. The lowest BCUT2D eigenvalue weighted by molar-refractivity contribution is -0.120. The first-order valence-corrected chi connectivity index (χ1v) is 14.5. The van der Waals surface area contributed by atoms with Crippen LogP contribution in [0.15, 0.2) is 30.3 Å². The first-order valence-electron chi connectivity index (χ1n) is 14.5. The number of benzene rings is 3. The van der Waals surface area contributed by atoms with Crippen LogP contribution in [0.3, 0.4) is 0 Å². The minimum absolute atomic E-state index is 0.188. The molecule has 0 radical (unpaired) electrons. The van der Waals surface area contributed by atoms with Gasteiger partial charge in [-0.1, -0.05) is 0 Å². The third-order valence-corrected chi connectivity index (χ3v) is 9.36. The Hall–Kier alpha value is -4.13. The molecule has 7 nitrogen and oxygen atoms in total. The molecule has 3 aromatic carbocycles. The average Bonchev–Trinajstić information content (AvgIpc) is 2.97. The van der Waals surface area contributed by atoms with Crippen molar-refractivity contribution in [2.75, 3.05) is 31.1 Å². The summed E-state index contributed by atoms with van der Waals surface area (Å²) >= 11 is 0. The van der Waals surface area contributed by atoms with Crippen molar-refractivity contribution in [3.05, 3.63) is 79.9 Å². The molecule has 7 heteroatoms. The summed E-state index contributed by atoms with van der Waals surface area (Å²) in [7, 11) is 0. The van der Waals surface area contributed by atoms with Crippen molar-refractivity contribution >= 4 is 23.7 Å². The minimum atomic E-state index is -1.01. The summed E-state index contributed by atoms with van der Waals surface area (Å²) < 4.78 is 14.8. The Morgan fingerprint density at radius 1 is 0.900 bits per heavy atom. The Morgan fingerprint density at radius 3 is 2.50 bits per heavy atom. The Balaban J connectivity index is 1.54. The van der Waals surface area contributed by atoms with E-state index in [4.69, 9.17) is 9.47 Å². The Labute approximate surface area is 232 Å². The van der Waals surface area contributed by atoms with Gasteiger partial charge in [-0.25, -0.2) is 9.37 Å². The van der Waals surface area contributed by atoms with Crippen molar-refractivity contribution in [2.45, 2.75) is 51.4 Å². The summed E-state index contributed by atoms with van der Waals surface area (Å²) in [5, 5.41) is 12.6. The van der Waals surface area contributed by atoms with Crippen LogP contribution in [0.5, 0.6) is 17.2 Å². The van der Waals surface area contributed by atoms with Gasteiger partial charge in [-0.2, -0.15) is 0 Å². The third kappa shape index (κ3) is 3.39. The van der Waals surface area contributed by atoms with Gasteiger partial charge in [-0.3, -0.25) is 4.79 Å². The largest absolute Gasteiger partial charge is 0.478 e. The molecule has 0 bridgehead atoms. The Kier molecular flexibility index (Phi) is 5.31. The van der Waals surface area contributed by atoms with Gasteiger partial charge in [0.1, 0.15) is 30.3 Å². The van der Waals surface area contributed by atoms with E-state index in [1.807, 2.05) is 0 Å². The normalized spacial score (nSPS) is 18.1. The van der Waals surface area contributed by atoms with Gasteiger partial charge < -0.3 is 19.5 Å². The second-order valence-electron chi connectivity index (χ2n) is 11.6. The van der Waals surface area contributed by atoms with Gasteiger partial charge in [0, 0.05) is 64.7 Å². The molecular weight excluding hydrogens is 504 g/mol. The summed E-state index contributed by atoms with van der Waals surface area (Å²) in [6, 6.07) is 9.31. The fraction of sp³-hybridized carbons (Fsp3) is 0.364. The van der Waals surface area contributed by atoms with Crippen LogP contribution in [0.4, 0.5) is 5.69 Å². The maximum absolute atomic E-state index is 12.6. The molecule has 0 atom stereocenters. The molecule has 8 rings (SSSR count). The number of carboxylic acids is 1. The van der Waals surface area contributed by atoms with Gasteiger partial charge in [0.05, 0.1) is 11.1 Å². The predicted octanol–water partition coefficient (Wildman–Crippen LogP) is 3.36. The van der Waals surface area contributed by atoms with E-state index in [2.05, 4.69) is 21.6 Å². The highest BCUT2D eigenvalue weighted by Crippen LogP contribution is 2.49. The number of ether oxygens (including phenoxy) is 2. The van der Waals surface area contributed by atoms with Crippen molar-refractivity contribution in [1.29, 1.82) is 0 Å². The smallest absolute Gasteiger partial charge is 0.336 e. The number of hydrogen-bond acceptors (Lipinski definition) is 5. The van der Waals surface area contributed by atoms with Crippen LogP contribution >= 0.6 is 0 Å². The number of aromatic carboxylic acids is 1. The molecule has 1 N–H and O–H groups in total. The van der Waals surface area contributed by atoms with Crippen LogP contribution < -0.4 is 29.5 Å². The van der Waals surface area contributed by atoms with Gasteiger partial charge in [0.15, 0.2) is 0 Å². The highest BCUT2D eigenvalue weighted by atomic mass is 16.5. The van der Waals surface area contributed by atoms with Crippen molar-refractivity contribution in [3.8, 4) is 17.2 Å². The molecule has 0 aliphatic carbocycles. The number of carboxylic acid groups (broad SMARTS) is 1. The monoisotopic (exact) mass is 535 g/mol. The molecule has 0 fully saturated rings. The quantitative estimate of drug-likeness (QED) is 0.319. The molecule has 0 spiro atoms. The molecule has 202 valence electrons. The molecule has 5 aliphatic rings. The fourth-order valence-corrected chi connectivity index (χ4v) is 7.85. The number of carbonyl (C=O) groups excluding carboxylic acids is 1. The fourth-order valence-electron chi connectivity index (χ4n) is 7.85. The average molecular weight is 536 g/mol. The summed E-state index contributed by atoms with van der Waals surface area (Å²) in [6.07, 6.45) is 8.23. The van der Waals surface area contributed by atoms with Crippen molar-refractivity contribution in [1.82, 2.24) is 4.58 Å². The topological polar surface area (TPSA) is 79.1 Å². The molecule has 0 unspecified atom stereocenters. The van der Waals surface area contributed by atoms with Crippen molar-refractivity contribution < 1.29 is 24.2 Å². The maximum atomic E-state index is 12.6. The lowest BCUT2D eigenvalue weighted by Crippen LogP contribution is -2.45. The molecule has 5 heterocycles. The zero-order valence-electron chi connectivity index (χ0n) is 22.4. The van der Waals surface area contributed by atoms with E-state index >= 15 is 0 Å². The molecular formula is C33H31N2O5+. The number of anilines is 1. The Morgan fingerprint density at radius 2 is 1.68 bits per heavy atom. The lowest BCUT2D eigenvalue weighted by atomic mass is 9.81. The zero-order valence-corrected chi connectivity index (χ0v) is 22.4. The number of nitrogens with zero attached hydrogens (tertiary/aromatic N) is 2. The van der Waals surface area contributed by atoms with Gasteiger partial charge in [-0.15, -0.1) is 0 Å². The van der Waals surface area contributed by atoms with E-state index in [9.17, 15) is 14.7 Å². The van der Waals surface area contributed by atoms with Crippen molar-refractivity contribution in [3.63, 3.8) is 0 Å². The first-order chi connectivity index (χ1) is 19.6. The highest BCUT2D eigenvalue weighted by molar-refractivity contribution is 5.99. The second-order valence-corrected chi connectivity index (χ2v) is 11.6. The van der Waals surface area contributed by atoms with Crippen LogP contribution in [-0.2, 0) is 30.5 Å². The summed E-state index contributed by atoms with van der Waals surface area (Å²) in [4.78, 5) is 26.4. The zero-order chi connectivity index (χ0) is 27.0. The molecule has 0 saturated carbocycles.